The van der Waals surface area contributed by atoms with Gasteiger partial charge < -0.3 is 15.4 Å². The molecule has 0 saturated heterocycles. The number of benzene rings is 1. The van der Waals surface area contributed by atoms with E-state index in [-0.39, 0.29) is 11.6 Å². The van der Waals surface area contributed by atoms with Crippen LogP contribution in [0.15, 0.2) is 30.5 Å². The number of urea groups is 1. The topological polar surface area (TPSA) is 63.2 Å². The maximum Gasteiger partial charge on any atom is 0.315 e. The monoisotopic (exact) mass is 347 g/mol. The van der Waals surface area contributed by atoms with Gasteiger partial charge in [-0.3, -0.25) is 0 Å². The van der Waals surface area contributed by atoms with Crippen LogP contribution in [0.3, 0.4) is 0 Å². The van der Waals surface area contributed by atoms with Gasteiger partial charge in [-0.1, -0.05) is 24.3 Å². The Morgan fingerprint density at radius 3 is 2.58 bits per heavy atom. The van der Waals surface area contributed by atoms with Crippen molar-refractivity contribution >= 4 is 17.4 Å². The number of amides is 2. The number of aromatic nitrogens is 1. The molecule has 0 unspecified atom stereocenters. The summed E-state index contributed by atoms with van der Waals surface area (Å²) in [5.41, 5.74) is 1.98. The van der Waals surface area contributed by atoms with Crippen LogP contribution in [0.1, 0.15) is 41.8 Å². The summed E-state index contributed by atoms with van der Waals surface area (Å²) in [6.07, 6.45) is 1.81. The van der Waals surface area contributed by atoms with Gasteiger partial charge in [-0.2, -0.15) is 0 Å². The van der Waals surface area contributed by atoms with Crippen molar-refractivity contribution in [3.63, 3.8) is 0 Å². The predicted octanol–water partition coefficient (Wildman–Crippen LogP) is 3.77. The van der Waals surface area contributed by atoms with Crippen molar-refractivity contribution in [1.29, 1.82) is 0 Å². The molecule has 24 heavy (non-hydrogen) atoms. The van der Waals surface area contributed by atoms with Crippen molar-refractivity contribution in [2.75, 3.05) is 0 Å². The Hall–Kier alpha value is -1.92. The molecule has 0 aliphatic rings. The lowest BCUT2D eigenvalue weighted by Gasteiger charge is -2.19. The molecule has 1 aromatic carbocycles. The van der Waals surface area contributed by atoms with Gasteiger partial charge >= 0.3 is 6.03 Å². The fourth-order valence-corrected chi connectivity index (χ4v) is 2.74. The first kappa shape index (κ1) is 18.4. The summed E-state index contributed by atoms with van der Waals surface area (Å²) in [6.45, 7) is 9.59. The van der Waals surface area contributed by atoms with Gasteiger partial charge in [0, 0.05) is 17.6 Å². The molecule has 0 atom stereocenters. The normalized spacial score (nSPS) is 11.3. The Morgan fingerprint density at radius 1 is 1.21 bits per heavy atom. The number of nitrogens with zero attached hydrogens (tertiary/aromatic N) is 1. The van der Waals surface area contributed by atoms with Crippen LogP contribution in [-0.4, -0.2) is 16.6 Å². The number of hydrogen-bond donors (Lipinski definition) is 2. The summed E-state index contributed by atoms with van der Waals surface area (Å²) < 4.78 is 5.78. The lowest BCUT2D eigenvalue weighted by Crippen LogP contribution is -2.34. The van der Waals surface area contributed by atoms with Crippen molar-refractivity contribution in [2.45, 2.75) is 53.0 Å². The van der Waals surface area contributed by atoms with Crippen LogP contribution in [0.25, 0.3) is 0 Å². The first-order chi connectivity index (χ1) is 11.3. The van der Waals surface area contributed by atoms with E-state index in [0.29, 0.717) is 19.7 Å². The summed E-state index contributed by atoms with van der Waals surface area (Å²) in [6, 6.07) is 7.86. The van der Waals surface area contributed by atoms with Crippen molar-refractivity contribution in [3.05, 3.63) is 51.5 Å². The molecule has 2 amide bonds. The van der Waals surface area contributed by atoms with E-state index in [1.165, 1.54) is 0 Å². The van der Waals surface area contributed by atoms with Crippen molar-refractivity contribution in [3.8, 4) is 0 Å². The quantitative estimate of drug-likeness (QED) is 0.836. The highest BCUT2D eigenvalue weighted by molar-refractivity contribution is 7.11. The molecule has 2 aromatic rings. The molecule has 2 N–H and O–H groups in total. The van der Waals surface area contributed by atoms with Crippen molar-refractivity contribution < 1.29 is 9.53 Å². The summed E-state index contributed by atoms with van der Waals surface area (Å²) in [4.78, 5) is 17.2. The van der Waals surface area contributed by atoms with E-state index in [4.69, 9.17) is 4.74 Å². The maximum atomic E-state index is 11.9. The van der Waals surface area contributed by atoms with E-state index in [1.807, 2.05) is 52.1 Å². The Morgan fingerprint density at radius 2 is 1.92 bits per heavy atom. The summed E-state index contributed by atoms with van der Waals surface area (Å²) >= 11 is 1.59. The number of thiazole rings is 1. The van der Waals surface area contributed by atoms with Crippen molar-refractivity contribution in [2.24, 2.45) is 0 Å². The van der Waals surface area contributed by atoms with Gasteiger partial charge in [-0.25, -0.2) is 9.78 Å². The summed E-state index contributed by atoms with van der Waals surface area (Å²) in [5, 5.41) is 6.58. The highest BCUT2D eigenvalue weighted by Crippen LogP contribution is 2.13. The maximum absolute atomic E-state index is 11.9. The van der Waals surface area contributed by atoms with Crippen LogP contribution in [-0.2, 0) is 24.4 Å². The molecule has 0 aliphatic carbocycles. The zero-order valence-corrected chi connectivity index (χ0v) is 15.5. The number of rotatable bonds is 6. The van der Waals surface area contributed by atoms with E-state index in [0.717, 1.165) is 21.0 Å². The second-order valence-corrected chi connectivity index (χ2v) is 7.94. The third-order valence-corrected chi connectivity index (χ3v) is 4.10. The molecule has 1 heterocycles. The second-order valence-electron chi connectivity index (χ2n) is 6.62. The highest BCUT2D eigenvalue weighted by Gasteiger charge is 2.10. The van der Waals surface area contributed by atoms with Gasteiger partial charge in [0.1, 0.15) is 5.01 Å². The molecule has 0 aliphatic heterocycles. The average Bonchev–Trinajstić information content (AvgIpc) is 2.94. The van der Waals surface area contributed by atoms with Gasteiger partial charge in [-0.15, -0.1) is 11.3 Å². The Bertz CT molecular complexity index is 677. The highest BCUT2D eigenvalue weighted by atomic mass is 32.1. The van der Waals surface area contributed by atoms with E-state index in [2.05, 4.69) is 21.7 Å². The van der Waals surface area contributed by atoms with Crippen LogP contribution in [0.5, 0.6) is 0 Å². The van der Waals surface area contributed by atoms with Gasteiger partial charge in [0.15, 0.2) is 0 Å². The molecular formula is C18H25N3O2S. The third-order valence-electron chi connectivity index (χ3n) is 3.19. The summed E-state index contributed by atoms with van der Waals surface area (Å²) in [7, 11) is 0. The van der Waals surface area contributed by atoms with Gasteiger partial charge in [0.05, 0.1) is 18.8 Å². The SMILES string of the molecule is Cc1cnc(CNC(=O)NCc2cccc(COC(C)(C)C)c2)s1. The number of hydrogen-bond acceptors (Lipinski definition) is 4. The standard InChI is InChI=1S/C18H25N3O2S/c1-13-9-19-16(24-13)11-21-17(22)20-10-14-6-5-7-15(8-14)12-23-18(2,3)4/h5-9H,10-12H2,1-4H3,(H2,20,21,22). The zero-order valence-electron chi connectivity index (χ0n) is 14.7. The van der Waals surface area contributed by atoms with E-state index in [9.17, 15) is 4.79 Å². The molecule has 0 saturated carbocycles. The molecule has 6 heteroatoms. The van der Waals surface area contributed by atoms with Crippen LogP contribution in [0, 0.1) is 6.92 Å². The Balaban J connectivity index is 1.77. The number of ether oxygens (including phenoxy) is 1. The number of carbonyl (C=O) groups is 1. The largest absolute Gasteiger partial charge is 0.371 e. The molecule has 0 spiro atoms. The minimum absolute atomic E-state index is 0.164. The molecule has 1 aromatic heterocycles. The zero-order chi connectivity index (χ0) is 17.6. The van der Waals surface area contributed by atoms with E-state index < -0.39 is 0 Å². The second kappa shape index (κ2) is 8.26. The van der Waals surface area contributed by atoms with E-state index >= 15 is 0 Å². The number of nitrogens with one attached hydrogen (secondary N) is 2. The first-order valence-corrected chi connectivity index (χ1v) is 8.78. The van der Waals surface area contributed by atoms with Gasteiger partial charge in [0.2, 0.25) is 0 Å². The van der Waals surface area contributed by atoms with Crippen LogP contribution < -0.4 is 10.6 Å². The lowest BCUT2D eigenvalue weighted by molar-refractivity contribution is -0.0149. The lowest BCUT2D eigenvalue weighted by atomic mass is 10.1. The fourth-order valence-electron chi connectivity index (χ4n) is 2.01. The van der Waals surface area contributed by atoms with Crippen LogP contribution in [0.4, 0.5) is 4.79 Å². The third kappa shape index (κ3) is 6.68. The average molecular weight is 347 g/mol. The van der Waals surface area contributed by atoms with Gasteiger partial charge in [-0.05, 0) is 38.8 Å². The molecular weight excluding hydrogens is 322 g/mol. The van der Waals surface area contributed by atoms with E-state index in [1.54, 1.807) is 11.3 Å². The first-order valence-electron chi connectivity index (χ1n) is 7.96. The van der Waals surface area contributed by atoms with Crippen LogP contribution in [0.2, 0.25) is 0 Å². The molecule has 5 nitrogen and oxygen atoms in total. The molecule has 0 fully saturated rings. The molecule has 0 bridgehead atoms. The molecule has 130 valence electrons. The Kier molecular flexibility index (Phi) is 6.34. The summed E-state index contributed by atoms with van der Waals surface area (Å²) in [5.74, 6) is 0. The Labute approximate surface area is 147 Å². The van der Waals surface area contributed by atoms with Gasteiger partial charge in [0.25, 0.3) is 0 Å². The molecule has 0 radical (unpaired) electrons. The minimum atomic E-state index is -0.195. The number of carbonyl (C=O) groups excluding carboxylic acids is 1. The van der Waals surface area contributed by atoms with Crippen molar-refractivity contribution in [1.82, 2.24) is 15.6 Å². The molecule has 2 rings (SSSR count). The fraction of sp³-hybridized carbons (Fsp3) is 0.444. The number of aryl methyl sites for hydroxylation is 1. The minimum Gasteiger partial charge on any atom is -0.371 e. The smallest absolute Gasteiger partial charge is 0.315 e. The predicted molar refractivity (Wildman–Crippen MR) is 96.9 cm³/mol. The van der Waals surface area contributed by atoms with Crippen LogP contribution >= 0.6 is 11.3 Å².